The molecule has 0 saturated carbocycles. The number of aromatic nitrogens is 1. The van der Waals surface area contributed by atoms with Gasteiger partial charge in [-0.2, -0.15) is 5.26 Å². The highest BCUT2D eigenvalue weighted by Crippen LogP contribution is 2.33. The summed E-state index contributed by atoms with van der Waals surface area (Å²) < 4.78 is 26.4. The third-order valence-corrected chi connectivity index (χ3v) is 3.38. The van der Waals surface area contributed by atoms with E-state index in [-0.39, 0.29) is 28.1 Å². The lowest BCUT2D eigenvalue weighted by atomic mass is 10.1. The van der Waals surface area contributed by atoms with Gasteiger partial charge in [0.1, 0.15) is 11.6 Å². The fourth-order valence-corrected chi connectivity index (χ4v) is 2.29. The van der Waals surface area contributed by atoms with Gasteiger partial charge >= 0.3 is 0 Å². The molecule has 3 rings (SSSR count). The molecule has 1 aromatic heterocycles. The molecule has 2 aromatic carbocycles. The molecule has 0 amide bonds. The van der Waals surface area contributed by atoms with Gasteiger partial charge < -0.3 is 5.32 Å². The van der Waals surface area contributed by atoms with Crippen LogP contribution in [-0.4, -0.2) is 9.91 Å². The third-order valence-electron chi connectivity index (χ3n) is 3.38. The Labute approximate surface area is 134 Å². The minimum atomic E-state index is -1.05. The van der Waals surface area contributed by atoms with Crippen LogP contribution in [-0.2, 0) is 0 Å². The van der Waals surface area contributed by atoms with Crippen molar-refractivity contribution in [2.45, 2.75) is 0 Å². The Morgan fingerprint density at radius 2 is 2.00 bits per heavy atom. The second kappa shape index (κ2) is 5.89. The highest BCUT2D eigenvalue weighted by atomic mass is 19.2. The van der Waals surface area contributed by atoms with Crippen molar-refractivity contribution in [1.82, 2.24) is 4.98 Å². The van der Waals surface area contributed by atoms with Gasteiger partial charge in [-0.05, 0) is 12.1 Å². The minimum Gasteiger partial charge on any atom is -0.354 e. The molecule has 0 aliphatic heterocycles. The van der Waals surface area contributed by atoms with Gasteiger partial charge in [0, 0.05) is 29.4 Å². The lowest BCUT2D eigenvalue weighted by Crippen LogP contribution is -1.99. The van der Waals surface area contributed by atoms with Crippen molar-refractivity contribution >= 4 is 28.0 Å². The van der Waals surface area contributed by atoms with Gasteiger partial charge in [-0.3, -0.25) is 10.1 Å². The van der Waals surface area contributed by atoms with Gasteiger partial charge in [0.05, 0.1) is 16.2 Å². The first-order chi connectivity index (χ1) is 11.5. The van der Waals surface area contributed by atoms with Crippen molar-refractivity contribution < 1.29 is 13.7 Å². The summed E-state index contributed by atoms with van der Waals surface area (Å²) in [6.07, 6.45) is 1.19. The predicted octanol–water partition coefficient (Wildman–Crippen LogP) is 4.04. The number of hydrogen-bond donors (Lipinski definition) is 1. The van der Waals surface area contributed by atoms with Gasteiger partial charge in [0.25, 0.3) is 5.69 Å². The monoisotopic (exact) mass is 326 g/mol. The number of benzene rings is 2. The van der Waals surface area contributed by atoms with Crippen LogP contribution in [0.2, 0.25) is 0 Å². The first-order valence-corrected chi connectivity index (χ1v) is 6.69. The lowest BCUT2D eigenvalue weighted by Gasteiger charge is -2.11. The Balaban J connectivity index is 2.21. The first kappa shape index (κ1) is 15.3. The fraction of sp³-hybridized carbons (Fsp3) is 0. The number of nitrogens with one attached hydrogen (secondary N) is 1. The summed E-state index contributed by atoms with van der Waals surface area (Å²) in [7, 11) is 0. The second-order valence-corrected chi connectivity index (χ2v) is 4.84. The van der Waals surface area contributed by atoms with E-state index < -0.39 is 16.6 Å². The molecule has 8 heteroatoms. The summed E-state index contributed by atoms with van der Waals surface area (Å²) in [5.41, 5.74) is 0.422. The summed E-state index contributed by atoms with van der Waals surface area (Å²) in [5.74, 6) is -2.06. The first-order valence-electron chi connectivity index (χ1n) is 6.69. The Bertz CT molecular complexity index is 1010. The number of nitro benzene ring substituents is 1. The molecule has 6 nitrogen and oxygen atoms in total. The molecule has 0 radical (unpaired) electrons. The van der Waals surface area contributed by atoms with E-state index in [9.17, 15) is 24.2 Å². The molecule has 0 bridgehead atoms. The molecule has 0 unspecified atom stereocenters. The van der Waals surface area contributed by atoms with Gasteiger partial charge in [-0.25, -0.2) is 13.8 Å². The molecule has 3 aromatic rings. The van der Waals surface area contributed by atoms with Crippen LogP contribution in [0.3, 0.4) is 0 Å². The summed E-state index contributed by atoms with van der Waals surface area (Å²) in [6, 6.07) is 9.39. The SMILES string of the molecule is N#Cc1cnc2c([N+](=O)[O-])cccc2c1Nc1ccc(F)c(F)c1. The van der Waals surface area contributed by atoms with Crippen molar-refractivity contribution in [2.75, 3.05) is 5.32 Å². The lowest BCUT2D eigenvalue weighted by molar-refractivity contribution is -0.383. The molecule has 118 valence electrons. The van der Waals surface area contributed by atoms with E-state index in [1.807, 2.05) is 6.07 Å². The zero-order chi connectivity index (χ0) is 17.3. The van der Waals surface area contributed by atoms with Crippen LogP contribution < -0.4 is 5.32 Å². The molecular formula is C16H8F2N4O2. The van der Waals surface area contributed by atoms with E-state index in [4.69, 9.17) is 0 Å². The van der Waals surface area contributed by atoms with Crippen LogP contribution in [0.25, 0.3) is 10.9 Å². The molecular weight excluding hydrogens is 318 g/mol. The number of anilines is 2. The molecule has 0 aliphatic carbocycles. The number of rotatable bonds is 3. The Morgan fingerprint density at radius 3 is 2.67 bits per heavy atom. The van der Waals surface area contributed by atoms with E-state index in [2.05, 4.69) is 10.3 Å². The molecule has 0 spiro atoms. The minimum absolute atomic E-state index is 0.0894. The molecule has 0 saturated heterocycles. The van der Waals surface area contributed by atoms with Crippen molar-refractivity contribution in [2.24, 2.45) is 0 Å². The van der Waals surface area contributed by atoms with Crippen molar-refractivity contribution in [3.63, 3.8) is 0 Å². The summed E-state index contributed by atoms with van der Waals surface area (Å²) in [6.45, 7) is 0. The number of halogens is 2. The number of nitriles is 1. The van der Waals surface area contributed by atoms with Crippen LogP contribution in [0.5, 0.6) is 0 Å². The van der Waals surface area contributed by atoms with E-state index >= 15 is 0 Å². The third kappa shape index (κ3) is 2.59. The fourth-order valence-electron chi connectivity index (χ4n) is 2.29. The molecule has 0 aliphatic rings. The molecule has 24 heavy (non-hydrogen) atoms. The number of non-ortho nitro benzene ring substituents is 1. The van der Waals surface area contributed by atoms with Gasteiger partial charge in [-0.15, -0.1) is 0 Å². The standard InChI is InChI=1S/C16H8F2N4O2/c17-12-5-4-10(6-13(12)18)21-15-9(7-19)8-20-16-11(15)2-1-3-14(16)22(23)24/h1-6,8H,(H,20,21). The van der Waals surface area contributed by atoms with E-state index in [1.165, 1.54) is 24.4 Å². The summed E-state index contributed by atoms with van der Waals surface area (Å²) in [4.78, 5) is 14.5. The number of para-hydroxylation sites is 1. The predicted molar refractivity (Wildman–Crippen MR) is 82.8 cm³/mol. The highest BCUT2D eigenvalue weighted by molar-refractivity contribution is 5.99. The highest BCUT2D eigenvalue weighted by Gasteiger charge is 2.17. The van der Waals surface area contributed by atoms with E-state index in [0.717, 1.165) is 12.1 Å². The van der Waals surface area contributed by atoms with Crippen LogP contribution in [0.4, 0.5) is 25.8 Å². The maximum Gasteiger partial charge on any atom is 0.295 e. The number of pyridine rings is 1. The average molecular weight is 326 g/mol. The Morgan fingerprint density at radius 1 is 1.21 bits per heavy atom. The van der Waals surface area contributed by atoms with Crippen LogP contribution >= 0.6 is 0 Å². The summed E-state index contributed by atoms with van der Waals surface area (Å²) in [5, 5.41) is 23.5. The smallest absolute Gasteiger partial charge is 0.295 e. The maximum absolute atomic E-state index is 13.4. The molecule has 0 fully saturated rings. The number of hydrogen-bond acceptors (Lipinski definition) is 5. The zero-order valence-corrected chi connectivity index (χ0v) is 12.0. The quantitative estimate of drug-likeness (QED) is 0.579. The van der Waals surface area contributed by atoms with Gasteiger partial charge in [-0.1, -0.05) is 12.1 Å². The van der Waals surface area contributed by atoms with Crippen LogP contribution in [0.15, 0.2) is 42.6 Å². The van der Waals surface area contributed by atoms with Crippen molar-refractivity contribution in [3.8, 4) is 6.07 Å². The Hall–Kier alpha value is -3.60. The molecule has 1 heterocycles. The number of nitro groups is 1. The Kier molecular flexibility index (Phi) is 3.75. The number of fused-ring (bicyclic) bond motifs is 1. The van der Waals surface area contributed by atoms with E-state index in [0.29, 0.717) is 5.39 Å². The van der Waals surface area contributed by atoms with Gasteiger partial charge in [0.2, 0.25) is 0 Å². The maximum atomic E-state index is 13.4. The zero-order valence-electron chi connectivity index (χ0n) is 12.0. The van der Waals surface area contributed by atoms with Crippen LogP contribution in [0, 0.1) is 33.1 Å². The van der Waals surface area contributed by atoms with Crippen molar-refractivity contribution in [3.05, 3.63) is 69.9 Å². The second-order valence-electron chi connectivity index (χ2n) is 4.84. The largest absolute Gasteiger partial charge is 0.354 e. The average Bonchev–Trinajstić information content (AvgIpc) is 2.57. The van der Waals surface area contributed by atoms with Crippen molar-refractivity contribution in [1.29, 1.82) is 5.26 Å². The normalized spacial score (nSPS) is 10.4. The van der Waals surface area contributed by atoms with E-state index in [1.54, 1.807) is 6.07 Å². The molecule has 1 N–H and O–H groups in total. The topological polar surface area (TPSA) is 91.8 Å². The van der Waals surface area contributed by atoms with Crippen LogP contribution in [0.1, 0.15) is 5.56 Å². The molecule has 0 atom stereocenters. The summed E-state index contributed by atoms with van der Waals surface area (Å²) >= 11 is 0. The number of nitrogens with zero attached hydrogens (tertiary/aromatic N) is 3. The van der Waals surface area contributed by atoms with Gasteiger partial charge in [0.15, 0.2) is 11.6 Å².